The minimum absolute atomic E-state index is 0.210. The van der Waals surface area contributed by atoms with Crippen molar-refractivity contribution in [3.8, 4) is 5.75 Å². The lowest BCUT2D eigenvalue weighted by atomic mass is 10.1. The second kappa shape index (κ2) is 9.93. The summed E-state index contributed by atoms with van der Waals surface area (Å²) in [5, 5.41) is 4.14. The number of hydrogen-bond donors (Lipinski definition) is 1. The van der Waals surface area contributed by atoms with Gasteiger partial charge in [-0.2, -0.15) is 0 Å². The lowest BCUT2D eigenvalue weighted by Crippen LogP contribution is -2.46. The molecule has 1 aliphatic heterocycles. The molecule has 0 bridgehead atoms. The summed E-state index contributed by atoms with van der Waals surface area (Å²) in [6.45, 7) is 4.59. The maximum atomic E-state index is 13.2. The van der Waals surface area contributed by atoms with Gasteiger partial charge < -0.3 is 15.0 Å². The predicted octanol–water partition coefficient (Wildman–Crippen LogP) is 4.82. The number of carbonyl (C=O) groups excluding carboxylic acids is 1. The summed E-state index contributed by atoms with van der Waals surface area (Å²) < 4.78 is 5.39. The van der Waals surface area contributed by atoms with Gasteiger partial charge in [0.15, 0.2) is 0 Å². The first-order valence-electron chi connectivity index (χ1n) is 11.6. The Morgan fingerprint density at radius 3 is 2.41 bits per heavy atom. The van der Waals surface area contributed by atoms with Crippen molar-refractivity contribution in [3.05, 3.63) is 96.2 Å². The van der Waals surface area contributed by atoms with E-state index in [0.717, 1.165) is 49.3 Å². The number of fused-ring (bicyclic) bond motifs is 1. The Balaban J connectivity index is 1.41. The lowest BCUT2D eigenvalue weighted by molar-refractivity contribution is 0.102. The first-order chi connectivity index (χ1) is 16.7. The van der Waals surface area contributed by atoms with Crippen LogP contribution >= 0.6 is 0 Å². The highest BCUT2D eigenvalue weighted by Crippen LogP contribution is 2.35. The number of para-hydroxylation sites is 2. The third-order valence-electron chi connectivity index (χ3n) is 6.28. The summed E-state index contributed by atoms with van der Waals surface area (Å²) in [5.41, 5.74) is 4.48. The number of benzene rings is 3. The minimum Gasteiger partial charge on any atom is -0.496 e. The van der Waals surface area contributed by atoms with Crippen LogP contribution in [0.3, 0.4) is 0 Å². The standard InChI is InChI=1S/C28H28N4O2/c1-34-26-14-8-6-12-23(26)28(33)30-25-19-29-24-13-7-5-11-22(24)27(25)32-17-15-31(16-18-32)20-21-9-3-2-4-10-21/h2-14,19H,15-18,20H2,1H3,(H,30,33). The number of carbonyl (C=O) groups is 1. The van der Waals surface area contributed by atoms with Gasteiger partial charge in [-0.1, -0.05) is 60.7 Å². The number of aromatic nitrogens is 1. The second-order valence-corrected chi connectivity index (χ2v) is 8.44. The van der Waals surface area contributed by atoms with E-state index in [1.807, 2.05) is 30.3 Å². The Morgan fingerprint density at radius 2 is 1.62 bits per heavy atom. The molecule has 6 nitrogen and oxygen atoms in total. The number of anilines is 2. The predicted molar refractivity (Wildman–Crippen MR) is 137 cm³/mol. The smallest absolute Gasteiger partial charge is 0.259 e. The fraction of sp³-hybridized carbons (Fsp3) is 0.214. The van der Waals surface area contributed by atoms with Gasteiger partial charge in [-0.05, 0) is 23.8 Å². The van der Waals surface area contributed by atoms with Gasteiger partial charge >= 0.3 is 0 Å². The quantitative estimate of drug-likeness (QED) is 0.455. The number of rotatable bonds is 6. The molecule has 0 saturated carbocycles. The van der Waals surface area contributed by atoms with E-state index in [2.05, 4.69) is 56.5 Å². The van der Waals surface area contributed by atoms with Gasteiger partial charge in [0.25, 0.3) is 5.91 Å². The van der Waals surface area contributed by atoms with E-state index in [-0.39, 0.29) is 5.91 Å². The molecule has 6 heteroatoms. The van der Waals surface area contributed by atoms with Crippen molar-refractivity contribution < 1.29 is 9.53 Å². The zero-order valence-corrected chi connectivity index (χ0v) is 19.3. The molecular formula is C28H28N4O2. The topological polar surface area (TPSA) is 57.7 Å². The molecule has 0 spiro atoms. The van der Waals surface area contributed by atoms with Crippen LogP contribution in [0, 0.1) is 0 Å². The molecule has 2 heterocycles. The van der Waals surface area contributed by atoms with E-state index >= 15 is 0 Å². The monoisotopic (exact) mass is 452 g/mol. The van der Waals surface area contributed by atoms with Crippen LogP contribution in [0.15, 0.2) is 85.1 Å². The third-order valence-corrected chi connectivity index (χ3v) is 6.28. The molecule has 0 radical (unpaired) electrons. The summed E-state index contributed by atoms with van der Waals surface area (Å²) in [6, 6.07) is 25.9. The van der Waals surface area contributed by atoms with Gasteiger partial charge in [-0.15, -0.1) is 0 Å². The molecule has 5 rings (SSSR count). The van der Waals surface area contributed by atoms with Gasteiger partial charge in [-0.25, -0.2) is 0 Å². The summed E-state index contributed by atoms with van der Waals surface area (Å²) in [7, 11) is 1.57. The Kier molecular flexibility index (Phi) is 6.40. The zero-order chi connectivity index (χ0) is 23.3. The molecule has 1 N–H and O–H groups in total. The number of hydrogen-bond acceptors (Lipinski definition) is 5. The first kappa shape index (κ1) is 21.9. The average Bonchev–Trinajstić information content (AvgIpc) is 2.89. The molecule has 172 valence electrons. The van der Waals surface area contributed by atoms with Gasteiger partial charge in [-0.3, -0.25) is 14.7 Å². The maximum absolute atomic E-state index is 13.2. The number of methoxy groups -OCH3 is 1. The highest BCUT2D eigenvalue weighted by molar-refractivity contribution is 6.10. The van der Waals surface area contributed by atoms with Crippen molar-refractivity contribution in [2.45, 2.75) is 6.54 Å². The molecule has 1 aliphatic rings. The van der Waals surface area contributed by atoms with Crippen LogP contribution in [-0.2, 0) is 6.54 Å². The van der Waals surface area contributed by atoms with Crippen molar-refractivity contribution in [1.29, 1.82) is 0 Å². The van der Waals surface area contributed by atoms with Crippen LogP contribution in [-0.4, -0.2) is 49.1 Å². The summed E-state index contributed by atoms with van der Waals surface area (Å²) in [5.74, 6) is 0.336. The van der Waals surface area contributed by atoms with Crippen LogP contribution in [0.1, 0.15) is 15.9 Å². The van der Waals surface area contributed by atoms with Crippen LogP contribution in [0.4, 0.5) is 11.4 Å². The van der Waals surface area contributed by atoms with Crippen LogP contribution in [0.5, 0.6) is 5.75 Å². The Hall–Kier alpha value is -3.90. The molecule has 1 fully saturated rings. The van der Waals surface area contributed by atoms with E-state index in [1.165, 1.54) is 5.56 Å². The highest BCUT2D eigenvalue weighted by Gasteiger charge is 2.23. The zero-order valence-electron chi connectivity index (χ0n) is 19.3. The molecule has 0 aliphatic carbocycles. The fourth-order valence-electron chi connectivity index (χ4n) is 4.55. The molecule has 3 aromatic carbocycles. The average molecular weight is 453 g/mol. The molecule has 1 amide bonds. The van der Waals surface area contributed by atoms with E-state index < -0.39 is 0 Å². The van der Waals surface area contributed by atoms with Crippen molar-refractivity contribution >= 4 is 28.2 Å². The largest absolute Gasteiger partial charge is 0.496 e. The van der Waals surface area contributed by atoms with E-state index in [4.69, 9.17) is 4.74 Å². The number of pyridine rings is 1. The molecular weight excluding hydrogens is 424 g/mol. The number of nitrogens with one attached hydrogen (secondary N) is 1. The molecule has 4 aromatic rings. The van der Waals surface area contributed by atoms with Crippen molar-refractivity contribution in [2.24, 2.45) is 0 Å². The molecule has 0 unspecified atom stereocenters. The van der Waals surface area contributed by atoms with Crippen LogP contribution in [0.25, 0.3) is 10.9 Å². The van der Waals surface area contributed by atoms with Gasteiger partial charge in [0.05, 0.1) is 35.8 Å². The van der Waals surface area contributed by atoms with Crippen LogP contribution in [0.2, 0.25) is 0 Å². The second-order valence-electron chi connectivity index (χ2n) is 8.44. The Bertz CT molecular complexity index is 1280. The highest BCUT2D eigenvalue weighted by atomic mass is 16.5. The number of nitrogens with zero attached hydrogens (tertiary/aromatic N) is 3. The first-order valence-corrected chi connectivity index (χ1v) is 11.6. The summed E-state index contributed by atoms with van der Waals surface area (Å²) in [4.78, 5) is 22.6. The van der Waals surface area contributed by atoms with E-state index in [0.29, 0.717) is 17.0 Å². The number of ether oxygens (including phenoxy) is 1. The Labute approximate surface area is 199 Å². The lowest BCUT2D eigenvalue weighted by Gasteiger charge is -2.37. The third kappa shape index (κ3) is 4.58. The minimum atomic E-state index is -0.210. The van der Waals surface area contributed by atoms with Crippen molar-refractivity contribution in [2.75, 3.05) is 43.5 Å². The fourth-order valence-corrected chi connectivity index (χ4v) is 4.55. The van der Waals surface area contributed by atoms with Crippen molar-refractivity contribution in [3.63, 3.8) is 0 Å². The van der Waals surface area contributed by atoms with Crippen LogP contribution < -0.4 is 15.0 Å². The molecule has 1 aromatic heterocycles. The number of amides is 1. The van der Waals surface area contributed by atoms with Crippen molar-refractivity contribution in [1.82, 2.24) is 9.88 Å². The summed E-state index contributed by atoms with van der Waals surface area (Å²) in [6.07, 6.45) is 1.77. The molecule has 0 atom stereocenters. The van der Waals surface area contributed by atoms with E-state index in [1.54, 1.807) is 25.4 Å². The molecule has 1 saturated heterocycles. The Morgan fingerprint density at radius 1 is 0.912 bits per heavy atom. The van der Waals surface area contributed by atoms with E-state index in [9.17, 15) is 4.79 Å². The van der Waals surface area contributed by atoms with Gasteiger partial charge in [0.2, 0.25) is 0 Å². The molecule has 34 heavy (non-hydrogen) atoms. The maximum Gasteiger partial charge on any atom is 0.259 e. The SMILES string of the molecule is COc1ccccc1C(=O)Nc1cnc2ccccc2c1N1CCN(Cc2ccccc2)CC1. The van der Waals surface area contributed by atoms with Gasteiger partial charge in [0.1, 0.15) is 5.75 Å². The number of piperazine rings is 1. The summed E-state index contributed by atoms with van der Waals surface area (Å²) >= 11 is 0. The van der Waals surface area contributed by atoms with Gasteiger partial charge in [0, 0.05) is 38.1 Å². The normalized spacial score (nSPS) is 14.2.